The van der Waals surface area contributed by atoms with Crippen LogP contribution in [0.2, 0.25) is 0 Å². The average Bonchev–Trinajstić information content (AvgIpc) is 2.94. The minimum atomic E-state index is -0.696. The van der Waals surface area contributed by atoms with Gasteiger partial charge in [0.2, 0.25) is 0 Å². The molecule has 3 atom stereocenters. The second kappa shape index (κ2) is 7.42. The zero-order valence-corrected chi connectivity index (χ0v) is 12.8. The molecule has 0 amide bonds. The van der Waals surface area contributed by atoms with Crippen LogP contribution in [0.15, 0.2) is 20.9 Å². The number of nitrogens with zero attached hydrogens (tertiary/aromatic N) is 5. The Balaban J connectivity index is 2.40. The summed E-state index contributed by atoms with van der Waals surface area (Å²) in [7, 11) is 0. The summed E-state index contributed by atoms with van der Waals surface area (Å²) in [5, 5.41) is 12.9. The highest BCUT2D eigenvalue weighted by molar-refractivity contribution is 5.04. The van der Waals surface area contributed by atoms with Gasteiger partial charge in [-0.1, -0.05) is 5.11 Å². The van der Waals surface area contributed by atoms with Gasteiger partial charge in [-0.25, -0.2) is 4.79 Å². The number of aryl methyl sites for hydroxylation is 1. The highest BCUT2D eigenvalue weighted by Crippen LogP contribution is 2.29. The summed E-state index contributed by atoms with van der Waals surface area (Å²) < 4.78 is 8.04. The lowest BCUT2D eigenvalue weighted by Crippen LogP contribution is -2.42. The number of hydrogen-bond donors (Lipinski definition) is 2. The summed E-state index contributed by atoms with van der Waals surface area (Å²) in [6.07, 6.45) is 0.821. The van der Waals surface area contributed by atoms with E-state index in [-0.39, 0.29) is 25.1 Å². The maximum absolute atomic E-state index is 12.5. The highest BCUT2D eigenvalue weighted by Gasteiger charge is 2.36. The van der Waals surface area contributed by atoms with Crippen molar-refractivity contribution in [3.63, 3.8) is 0 Å². The molecule has 1 aromatic rings. The molecule has 3 N–H and O–H groups in total. The monoisotopic (exact) mass is 324 g/mol. The van der Waals surface area contributed by atoms with Crippen molar-refractivity contribution in [3.05, 3.63) is 43.0 Å². The van der Waals surface area contributed by atoms with Gasteiger partial charge in [-0.05, 0) is 25.4 Å². The molecule has 23 heavy (non-hydrogen) atoms. The molecule has 0 radical (unpaired) electrons. The van der Waals surface area contributed by atoms with Crippen LogP contribution in [0.4, 0.5) is 0 Å². The van der Waals surface area contributed by atoms with Crippen LogP contribution in [-0.4, -0.2) is 39.5 Å². The fourth-order valence-corrected chi connectivity index (χ4v) is 2.65. The zero-order chi connectivity index (χ0) is 17.0. The average molecular weight is 324 g/mol. The number of azide groups is 1. The number of aromatic nitrogens is 2. The van der Waals surface area contributed by atoms with Crippen molar-refractivity contribution < 1.29 is 9.84 Å². The van der Waals surface area contributed by atoms with Gasteiger partial charge in [0, 0.05) is 29.6 Å². The van der Waals surface area contributed by atoms with Crippen LogP contribution in [-0.2, 0) is 11.3 Å². The summed E-state index contributed by atoms with van der Waals surface area (Å²) in [5.74, 6) is 0. The molecule has 2 rings (SSSR count). The lowest BCUT2D eigenvalue weighted by molar-refractivity contribution is -0.0277. The van der Waals surface area contributed by atoms with Gasteiger partial charge < -0.3 is 15.6 Å². The summed E-state index contributed by atoms with van der Waals surface area (Å²) in [6.45, 7) is 1.89. The van der Waals surface area contributed by atoms with Crippen LogP contribution in [0, 0.1) is 6.92 Å². The van der Waals surface area contributed by atoms with Crippen molar-refractivity contribution >= 4 is 0 Å². The molecule has 0 saturated carbocycles. The van der Waals surface area contributed by atoms with Crippen LogP contribution >= 0.6 is 0 Å². The Hall–Kier alpha value is -2.13. The molecule has 10 nitrogen and oxygen atoms in total. The van der Waals surface area contributed by atoms with E-state index in [1.54, 1.807) is 6.92 Å². The van der Waals surface area contributed by atoms with Gasteiger partial charge >= 0.3 is 5.69 Å². The Morgan fingerprint density at radius 2 is 2.30 bits per heavy atom. The van der Waals surface area contributed by atoms with E-state index in [1.807, 2.05) is 0 Å². The van der Waals surface area contributed by atoms with E-state index in [9.17, 15) is 14.7 Å². The number of hydrogen-bond acceptors (Lipinski definition) is 6. The minimum Gasteiger partial charge on any atom is -0.394 e. The molecule has 0 bridgehead atoms. The van der Waals surface area contributed by atoms with Crippen LogP contribution in [0.5, 0.6) is 0 Å². The predicted octanol–water partition coefficient (Wildman–Crippen LogP) is -0.374. The highest BCUT2D eigenvalue weighted by atomic mass is 16.5. The predicted molar refractivity (Wildman–Crippen MR) is 81.9 cm³/mol. The fourth-order valence-electron chi connectivity index (χ4n) is 2.65. The third-order valence-corrected chi connectivity index (χ3v) is 3.85. The Morgan fingerprint density at radius 1 is 1.57 bits per heavy atom. The van der Waals surface area contributed by atoms with E-state index in [0.717, 1.165) is 4.57 Å². The molecular formula is C13H20N6O4. The van der Waals surface area contributed by atoms with Crippen molar-refractivity contribution in [2.75, 3.05) is 13.2 Å². The van der Waals surface area contributed by atoms with E-state index in [1.165, 1.54) is 10.8 Å². The summed E-state index contributed by atoms with van der Waals surface area (Å²) in [4.78, 5) is 27.4. The van der Waals surface area contributed by atoms with Gasteiger partial charge in [-0.15, -0.1) is 0 Å². The van der Waals surface area contributed by atoms with E-state index < -0.39 is 24.1 Å². The Morgan fingerprint density at radius 3 is 2.91 bits per heavy atom. The summed E-state index contributed by atoms with van der Waals surface area (Å²) in [5.41, 5.74) is 13.5. The topological polar surface area (TPSA) is 148 Å². The molecule has 1 saturated heterocycles. The van der Waals surface area contributed by atoms with Gasteiger partial charge in [0.05, 0.1) is 18.8 Å². The standard InChI is InChI=1S/C13H20N6O4/c1-8-6-19(13(22)18(12(8)21)4-2-3-14)11-5-9(16-17-15)10(7-20)23-11/h6,9-11,20H,2-5,7,14H2,1H3/t9?,10-,11-/m1/s1. The molecule has 1 aromatic heterocycles. The number of rotatable bonds is 6. The van der Waals surface area contributed by atoms with Gasteiger partial charge in [0.15, 0.2) is 0 Å². The second-order valence-electron chi connectivity index (χ2n) is 5.42. The van der Waals surface area contributed by atoms with Gasteiger partial charge in [-0.3, -0.25) is 13.9 Å². The first-order chi connectivity index (χ1) is 11.0. The summed E-state index contributed by atoms with van der Waals surface area (Å²) >= 11 is 0. The summed E-state index contributed by atoms with van der Waals surface area (Å²) in [6, 6.07) is -0.563. The van der Waals surface area contributed by atoms with E-state index in [0.29, 0.717) is 18.5 Å². The molecule has 1 aliphatic heterocycles. The molecule has 0 aromatic carbocycles. The largest absolute Gasteiger partial charge is 0.394 e. The van der Waals surface area contributed by atoms with Gasteiger partial charge in [0.25, 0.3) is 5.56 Å². The Bertz CT molecular complexity index is 720. The number of ether oxygens (including phenoxy) is 1. The molecule has 10 heteroatoms. The van der Waals surface area contributed by atoms with Crippen LogP contribution in [0.3, 0.4) is 0 Å². The molecular weight excluding hydrogens is 304 g/mol. The first-order valence-electron chi connectivity index (χ1n) is 7.36. The van der Waals surface area contributed by atoms with Crippen LogP contribution in [0.25, 0.3) is 10.4 Å². The van der Waals surface area contributed by atoms with Crippen LogP contribution < -0.4 is 17.0 Å². The normalized spacial score (nSPS) is 23.7. The lowest BCUT2D eigenvalue weighted by Gasteiger charge is -2.17. The maximum atomic E-state index is 12.5. The molecule has 1 fully saturated rings. The van der Waals surface area contributed by atoms with Crippen molar-refractivity contribution in [1.29, 1.82) is 0 Å². The SMILES string of the molecule is Cc1cn([C@H]2CC(N=[N+]=[N-])[C@@H](CO)O2)c(=O)n(CCCN)c1=O. The maximum Gasteiger partial charge on any atom is 0.333 e. The van der Waals surface area contributed by atoms with Gasteiger partial charge in [-0.2, -0.15) is 0 Å². The smallest absolute Gasteiger partial charge is 0.333 e. The first kappa shape index (κ1) is 17.2. The van der Waals surface area contributed by atoms with Crippen molar-refractivity contribution in [2.45, 2.75) is 44.7 Å². The third kappa shape index (κ3) is 3.45. The Kier molecular flexibility index (Phi) is 5.56. The molecule has 1 unspecified atom stereocenters. The van der Waals surface area contributed by atoms with Crippen LogP contribution in [0.1, 0.15) is 24.6 Å². The molecule has 2 heterocycles. The second-order valence-corrected chi connectivity index (χ2v) is 5.42. The lowest BCUT2D eigenvalue weighted by atomic mass is 10.1. The number of aliphatic hydroxyl groups excluding tert-OH is 1. The van der Waals surface area contributed by atoms with Crippen molar-refractivity contribution in [3.8, 4) is 0 Å². The van der Waals surface area contributed by atoms with E-state index in [4.69, 9.17) is 16.0 Å². The number of nitrogens with two attached hydrogens (primary N) is 1. The zero-order valence-electron chi connectivity index (χ0n) is 12.8. The van der Waals surface area contributed by atoms with E-state index in [2.05, 4.69) is 10.0 Å². The Labute approximate surface area is 131 Å². The van der Waals surface area contributed by atoms with E-state index >= 15 is 0 Å². The van der Waals surface area contributed by atoms with Gasteiger partial charge in [0.1, 0.15) is 6.23 Å². The first-order valence-corrected chi connectivity index (χ1v) is 7.36. The third-order valence-electron chi connectivity index (χ3n) is 3.85. The molecule has 126 valence electrons. The molecule has 0 aliphatic carbocycles. The minimum absolute atomic E-state index is 0.228. The quantitative estimate of drug-likeness (QED) is 0.416. The van der Waals surface area contributed by atoms with Crippen molar-refractivity contribution in [2.24, 2.45) is 10.8 Å². The number of aliphatic hydroxyl groups is 1. The molecule has 0 spiro atoms. The molecule has 1 aliphatic rings. The fraction of sp³-hybridized carbons (Fsp3) is 0.692. The van der Waals surface area contributed by atoms with Crippen molar-refractivity contribution in [1.82, 2.24) is 9.13 Å².